The van der Waals surface area contributed by atoms with Crippen molar-refractivity contribution in [3.63, 3.8) is 0 Å². The number of hydrogen-bond donors (Lipinski definition) is 1. The highest BCUT2D eigenvalue weighted by Gasteiger charge is 2.37. The van der Waals surface area contributed by atoms with Crippen molar-refractivity contribution in [3.8, 4) is 0 Å². The third kappa shape index (κ3) is 2.34. The van der Waals surface area contributed by atoms with E-state index in [0.717, 1.165) is 0 Å². The molecule has 0 bridgehead atoms. The highest BCUT2D eigenvalue weighted by molar-refractivity contribution is 6.09. The van der Waals surface area contributed by atoms with Gasteiger partial charge in [-0.3, -0.25) is 9.59 Å². The topological polar surface area (TPSA) is 49.4 Å². The minimum atomic E-state index is -0.616. The lowest BCUT2D eigenvalue weighted by Gasteiger charge is -2.16. The van der Waals surface area contributed by atoms with E-state index in [-0.39, 0.29) is 17.6 Å². The first kappa shape index (κ1) is 12.5. The van der Waals surface area contributed by atoms with Gasteiger partial charge in [0, 0.05) is 18.8 Å². The second kappa shape index (κ2) is 5.16. The van der Waals surface area contributed by atoms with Crippen LogP contribution in [-0.2, 0) is 9.59 Å². The number of benzene rings is 1. The summed E-state index contributed by atoms with van der Waals surface area (Å²) in [5.74, 6) is -1.40. The standard InChI is InChI=1S/C13H15FN2O2/c1-2-15-12(17)11-7-8-16(13(11)18)10-5-3-9(14)4-6-10/h3-6,11H,2,7-8H2,1H3,(H,15,17)/t11-/m0/s1. The van der Waals surface area contributed by atoms with E-state index in [1.54, 1.807) is 12.1 Å². The molecule has 1 N–H and O–H groups in total. The van der Waals surface area contributed by atoms with Crippen molar-refractivity contribution in [2.24, 2.45) is 5.92 Å². The van der Waals surface area contributed by atoms with E-state index in [9.17, 15) is 14.0 Å². The summed E-state index contributed by atoms with van der Waals surface area (Å²) in [5, 5.41) is 2.65. The number of amides is 2. The predicted molar refractivity (Wildman–Crippen MR) is 65.5 cm³/mol. The van der Waals surface area contributed by atoms with E-state index in [2.05, 4.69) is 5.32 Å². The third-order valence-corrected chi connectivity index (χ3v) is 3.01. The van der Waals surface area contributed by atoms with E-state index >= 15 is 0 Å². The molecule has 1 saturated heterocycles. The van der Waals surface area contributed by atoms with Gasteiger partial charge in [-0.15, -0.1) is 0 Å². The normalized spacial score (nSPS) is 19.1. The number of hydrogen-bond acceptors (Lipinski definition) is 2. The zero-order valence-corrected chi connectivity index (χ0v) is 10.1. The summed E-state index contributed by atoms with van der Waals surface area (Å²) in [7, 11) is 0. The van der Waals surface area contributed by atoms with Gasteiger partial charge in [0.15, 0.2) is 0 Å². The first-order valence-corrected chi connectivity index (χ1v) is 5.98. The Labute approximate surface area is 105 Å². The molecule has 96 valence electrons. The van der Waals surface area contributed by atoms with Gasteiger partial charge in [-0.05, 0) is 37.6 Å². The maximum Gasteiger partial charge on any atom is 0.239 e. The Morgan fingerprint density at radius 3 is 2.72 bits per heavy atom. The largest absolute Gasteiger partial charge is 0.356 e. The van der Waals surface area contributed by atoms with E-state index in [1.165, 1.54) is 17.0 Å². The molecule has 1 aromatic carbocycles. The number of nitrogens with one attached hydrogen (secondary N) is 1. The maximum atomic E-state index is 12.8. The molecule has 18 heavy (non-hydrogen) atoms. The number of halogens is 1. The monoisotopic (exact) mass is 250 g/mol. The van der Waals surface area contributed by atoms with Gasteiger partial charge in [-0.1, -0.05) is 0 Å². The molecular weight excluding hydrogens is 235 g/mol. The van der Waals surface area contributed by atoms with Crippen LogP contribution in [0.5, 0.6) is 0 Å². The van der Waals surface area contributed by atoms with Gasteiger partial charge in [0.1, 0.15) is 11.7 Å². The lowest BCUT2D eigenvalue weighted by atomic mass is 10.1. The molecular formula is C13H15FN2O2. The average Bonchev–Trinajstić information content (AvgIpc) is 2.73. The summed E-state index contributed by atoms with van der Waals surface area (Å²) in [4.78, 5) is 25.3. The first-order valence-electron chi connectivity index (χ1n) is 5.98. The Balaban J connectivity index is 2.12. The number of nitrogens with zero attached hydrogens (tertiary/aromatic N) is 1. The Morgan fingerprint density at radius 2 is 2.11 bits per heavy atom. The van der Waals surface area contributed by atoms with E-state index < -0.39 is 5.92 Å². The summed E-state index contributed by atoms with van der Waals surface area (Å²) >= 11 is 0. The number of rotatable bonds is 3. The third-order valence-electron chi connectivity index (χ3n) is 3.01. The molecule has 2 amide bonds. The maximum absolute atomic E-state index is 12.8. The van der Waals surface area contributed by atoms with Crippen molar-refractivity contribution in [3.05, 3.63) is 30.1 Å². The summed E-state index contributed by atoms with van der Waals surface area (Å²) in [6.45, 7) is 2.82. The van der Waals surface area contributed by atoms with Crippen molar-refractivity contribution in [1.29, 1.82) is 0 Å². The van der Waals surface area contributed by atoms with Crippen LogP contribution in [0.2, 0.25) is 0 Å². The molecule has 1 fully saturated rings. The van der Waals surface area contributed by atoms with Crippen LogP contribution in [0.15, 0.2) is 24.3 Å². The number of carbonyl (C=O) groups excluding carboxylic acids is 2. The van der Waals surface area contributed by atoms with Crippen LogP contribution in [0.4, 0.5) is 10.1 Å². The molecule has 1 aliphatic heterocycles. The fourth-order valence-corrected chi connectivity index (χ4v) is 2.10. The SMILES string of the molecule is CCNC(=O)[C@@H]1CCN(c2ccc(F)cc2)C1=O. The van der Waals surface area contributed by atoms with Crippen LogP contribution in [0.3, 0.4) is 0 Å². The Bertz CT molecular complexity index is 459. The molecule has 0 radical (unpaired) electrons. The van der Waals surface area contributed by atoms with Gasteiger partial charge in [0.2, 0.25) is 11.8 Å². The van der Waals surface area contributed by atoms with Gasteiger partial charge >= 0.3 is 0 Å². The number of anilines is 1. The summed E-state index contributed by atoms with van der Waals surface area (Å²) in [6, 6.07) is 5.71. The van der Waals surface area contributed by atoms with Crippen molar-refractivity contribution >= 4 is 17.5 Å². The second-order valence-electron chi connectivity index (χ2n) is 4.20. The molecule has 0 unspecified atom stereocenters. The van der Waals surface area contributed by atoms with Gasteiger partial charge in [0.25, 0.3) is 0 Å². The van der Waals surface area contributed by atoms with E-state index in [1.807, 2.05) is 6.92 Å². The molecule has 0 aromatic heterocycles. The highest BCUT2D eigenvalue weighted by Crippen LogP contribution is 2.25. The Morgan fingerprint density at radius 1 is 1.44 bits per heavy atom. The fourth-order valence-electron chi connectivity index (χ4n) is 2.10. The molecule has 0 saturated carbocycles. The van der Waals surface area contributed by atoms with Gasteiger partial charge in [-0.2, -0.15) is 0 Å². The highest BCUT2D eigenvalue weighted by atomic mass is 19.1. The van der Waals surface area contributed by atoms with E-state index in [0.29, 0.717) is 25.2 Å². The second-order valence-corrected chi connectivity index (χ2v) is 4.20. The first-order chi connectivity index (χ1) is 8.63. The molecule has 2 rings (SSSR count). The van der Waals surface area contributed by atoms with Crippen LogP contribution in [-0.4, -0.2) is 24.9 Å². The Kier molecular flexibility index (Phi) is 3.60. The van der Waals surface area contributed by atoms with Gasteiger partial charge in [-0.25, -0.2) is 4.39 Å². The zero-order chi connectivity index (χ0) is 13.1. The molecule has 0 aliphatic carbocycles. The molecule has 5 heteroatoms. The smallest absolute Gasteiger partial charge is 0.239 e. The van der Waals surface area contributed by atoms with Crippen LogP contribution < -0.4 is 10.2 Å². The minimum absolute atomic E-state index is 0.215. The quantitative estimate of drug-likeness (QED) is 0.822. The fraction of sp³-hybridized carbons (Fsp3) is 0.385. The predicted octanol–water partition coefficient (Wildman–Crippen LogP) is 1.31. The van der Waals surface area contributed by atoms with Crippen molar-refractivity contribution in [2.75, 3.05) is 18.0 Å². The molecule has 1 aliphatic rings. The zero-order valence-electron chi connectivity index (χ0n) is 10.1. The molecule has 0 spiro atoms. The van der Waals surface area contributed by atoms with Crippen LogP contribution in [0, 0.1) is 11.7 Å². The van der Waals surface area contributed by atoms with Gasteiger partial charge < -0.3 is 10.2 Å². The van der Waals surface area contributed by atoms with Crippen molar-refractivity contribution in [2.45, 2.75) is 13.3 Å². The average molecular weight is 250 g/mol. The van der Waals surface area contributed by atoms with Crippen molar-refractivity contribution in [1.82, 2.24) is 5.32 Å². The minimum Gasteiger partial charge on any atom is -0.356 e. The van der Waals surface area contributed by atoms with Gasteiger partial charge in [0.05, 0.1) is 0 Å². The molecule has 4 nitrogen and oxygen atoms in total. The van der Waals surface area contributed by atoms with Crippen molar-refractivity contribution < 1.29 is 14.0 Å². The van der Waals surface area contributed by atoms with Crippen LogP contribution >= 0.6 is 0 Å². The summed E-state index contributed by atoms with van der Waals surface area (Å²) in [5.41, 5.74) is 0.633. The summed E-state index contributed by atoms with van der Waals surface area (Å²) in [6.07, 6.45) is 0.502. The molecule has 1 heterocycles. The van der Waals surface area contributed by atoms with E-state index in [4.69, 9.17) is 0 Å². The Hall–Kier alpha value is -1.91. The summed E-state index contributed by atoms with van der Waals surface area (Å²) < 4.78 is 12.8. The lowest BCUT2D eigenvalue weighted by molar-refractivity contribution is -0.132. The molecule has 1 aromatic rings. The molecule has 1 atom stereocenters. The number of carbonyl (C=O) groups is 2. The van der Waals surface area contributed by atoms with Crippen LogP contribution in [0.25, 0.3) is 0 Å². The lowest BCUT2D eigenvalue weighted by Crippen LogP contribution is -2.36. The van der Waals surface area contributed by atoms with Crippen LogP contribution in [0.1, 0.15) is 13.3 Å².